The molecule has 3 N–H and O–H groups in total. The van der Waals surface area contributed by atoms with Gasteiger partial charge in [0, 0.05) is 29.4 Å². The molecular formula is C14H18N4O. The Labute approximate surface area is 112 Å². The fraction of sp³-hybridized carbons (Fsp3) is 0.429. The van der Waals surface area contributed by atoms with Gasteiger partial charge in [-0.15, -0.1) is 0 Å². The number of aryl methyl sites for hydroxylation is 1. The van der Waals surface area contributed by atoms with Crippen LogP contribution in [0.25, 0.3) is 11.3 Å². The molecule has 3 rings (SSSR count). The minimum Gasteiger partial charge on any atom is -0.383 e. The third kappa shape index (κ3) is 2.21. The number of nitrogens with zero attached hydrogens (tertiary/aromatic N) is 2. The molecule has 100 valence electrons. The molecule has 0 fully saturated rings. The van der Waals surface area contributed by atoms with Gasteiger partial charge in [0.1, 0.15) is 5.82 Å². The van der Waals surface area contributed by atoms with E-state index in [1.165, 1.54) is 11.3 Å². The highest BCUT2D eigenvalue weighted by molar-refractivity contribution is 5.65. The van der Waals surface area contributed by atoms with Crippen molar-refractivity contribution in [2.75, 3.05) is 12.3 Å². The molecule has 0 saturated carbocycles. The molecule has 0 radical (unpaired) electrons. The van der Waals surface area contributed by atoms with Gasteiger partial charge in [-0.05, 0) is 31.9 Å². The number of nitrogens with one attached hydrogen (secondary N) is 1. The number of anilines is 1. The molecule has 3 heterocycles. The summed E-state index contributed by atoms with van der Waals surface area (Å²) in [5, 5.41) is 7.59. The zero-order valence-electron chi connectivity index (χ0n) is 11.2. The van der Waals surface area contributed by atoms with Gasteiger partial charge in [0.2, 0.25) is 0 Å². The third-order valence-corrected chi connectivity index (χ3v) is 3.59. The highest BCUT2D eigenvalue weighted by Crippen LogP contribution is 2.28. The van der Waals surface area contributed by atoms with E-state index in [2.05, 4.69) is 22.1 Å². The molecule has 19 heavy (non-hydrogen) atoms. The van der Waals surface area contributed by atoms with Crippen LogP contribution in [0, 0.1) is 6.92 Å². The largest absolute Gasteiger partial charge is 0.383 e. The van der Waals surface area contributed by atoms with Crippen molar-refractivity contribution in [3.05, 3.63) is 29.1 Å². The summed E-state index contributed by atoms with van der Waals surface area (Å²) in [7, 11) is 0. The van der Waals surface area contributed by atoms with Crippen LogP contribution in [0.5, 0.6) is 0 Å². The molecule has 0 spiro atoms. The second-order valence-electron chi connectivity index (χ2n) is 5.09. The zero-order valence-corrected chi connectivity index (χ0v) is 11.2. The van der Waals surface area contributed by atoms with Gasteiger partial charge in [0.15, 0.2) is 0 Å². The number of aromatic nitrogens is 3. The fourth-order valence-corrected chi connectivity index (χ4v) is 2.50. The number of rotatable bonds is 1. The minimum atomic E-state index is 0.237. The first-order valence-corrected chi connectivity index (χ1v) is 6.55. The first kappa shape index (κ1) is 12.2. The van der Waals surface area contributed by atoms with Crippen LogP contribution >= 0.6 is 0 Å². The number of aromatic amines is 1. The Bertz CT molecular complexity index is 605. The molecule has 0 unspecified atom stereocenters. The van der Waals surface area contributed by atoms with Crippen LogP contribution in [0.15, 0.2) is 12.3 Å². The summed E-state index contributed by atoms with van der Waals surface area (Å²) in [4.78, 5) is 4.21. The quantitative estimate of drug-likeness (QED) is 0.818. The molecule has 1 atom stereocenters. The van der Waals surface area contributed by atoms with E-state index >= 15 is 0 Å². The first-order valence-electron chi connectivity index (χ1n) is 6.55. The highest BCUT2D eigenvalue weighted by atomic mass is 16.5. The maximum atomic E-state index is 5.76. The van der Waals surface area contributed by atoms with E-state index in [1.54, 1.807) is 6.20 Å². The van der Waals surface area contributed by atoms with Crippen LogP contribution in [0.3, 0.4) is 0 Å². The van der Waals surface area contributed by atoms with Crippen molar-refractivity contribution in [1.82, 2.24) is 15.2 Å². The lowest BCUT2D eigenvalue weighted by Gasteiger charge is -2.06. The molecule has 1 aliphatic heterocycles. The number of hydrogen-bond acceptors (Lipinski definition) is 4. The average molecular weight is 258 g/mol. The van der Waals surface area contributed by atoms with E-state index < -0.39 is 0 Å². The van der Waals surface area contributed by atoms with E-state index in [9.17, 15) is 0 Å². The van der Waals surface area contributed by atoms with Crippen molar-refractivity contribution in [1.29, 1.82) is 0 Å². The number of nitrogens with two attached hydrogens (primary N) is 1. The number of nitrogen functional groups attached to an aromatic ring is 1. The predicted octanol–water partition coefficient (Wildman–Crippen LogP) is 1.87. The van der Waals surface area contributed by atoms with Gasteiger partial charge in [-0.25, -0.2) is 4.98 Å². The summed E-state index contributed by atoms with van der Waals surface area (Å²) in [5.74, 6) is 0.572. The Hall–Kier alpha value is -1.88. The van der Waals surface area contributed by atoms with Crippen LogP contribution in [0.4, 0.5) is 5.82 Å². The second kappa shape index (κ2) is 4.66. The standard InChI is InChI=1S/C14H18N4O/c1-8-5-10(7-16-14(8)15)13-11-3-4-19-9(2)6-12(11)17-18-13/h5,7,9H,3-4,6H2,1-2H3,(H2,15,16)(H,17,18)/t9-/m1/s1. The van der Waals surface area contributed by atoms with Crippen molar-refractivity contribution in [2.45, 2.75) is 32.8 Å². The van der Waals surface area contributed by atoms with Crippen molar-refractivity contribution in [3.8, 4) is 11.3 Å². The van der Waals surface area contributed by atoms with E-state index in [4.69, 9.17) is 10.5 Å². The summed E-state index contributed by atoms with van der Waals surface area (Å²) in [6, 6.07) is 2.04. The minimum absolute atomic E-state index is 0.237. The lowest BCUT2D eigenvalue weighted by Crippen LogP contribution is -2.10. The number of hydrogen-bond donors (Lipinski definition) is 2. The lowest BCUT2D eigenvalue weighted by molar-refractivity contribution is 0.0737. The Balaban J connectivity index is 2.04. The molecule has 5 nitrogen and oxygen atoms in total. The number of ether oxygens (including phenoxy) is 1. The van der Waals surface area contributed by atoms with Gasteiger partial charge in [-0.3, -0.25) is 5.10 Å². The number of fused-ring (bicyclic) bond motifs is 1. The Morgan fingerprint density at radius 3 is 3.11 bits per heavy atom. The van der Waals surface area contributed by atoms with Crippen molar-refractivity contribution < 1.29 is 4.74 Å². The SMILES string of the molecule is Cc1cc(-c2n[nH]c3c2CCO[C@H](C)C3)cnc1N. The van der Waals surface area contributed by atoms with Crippen molar-refractivity contribution in [3.63, 3.8) is 0 Å². The van der Waals surface area contributed by atoms with Crippen LogP contribution in [0.1, 0.15) is 23.7 Å². The fourth-order valence-electron chi connectivity index (χ4n) is 2.50. The van der Waals surface area contributed by atoms with Gasteiger partial charge in [0.25, 0.3) is 0 Å². The van der Waals surface area contributed by atoms with Gasteiger partial charge >= 0.3 is 0 Å². The molecule has 0 aromatic carbocycles. The van der Waals surface area contributed by atoms with E-state index in [-0.39, 0.29) is 6.10 Å². The Morgan fingerprint density at radius 1 is 1.47 bits per heavy atom. The van der Waals surface area contributed by atoms with Crippen LogP contribution < -0.4 is 5.73 Å². The molecular weight excluding hydrogens is 240 g/mol. The molecule has 0 bridgehead atoms. The van der Waals surface area contributed by atoms with E-state index in [1.807, 2.05) is 13.0 Å². The van der Waals surface area contributed by atoms with E-state index in [0.717, 1.165) is 36.3 Å². The van der Waals surface area contributed by atoms with Gasteiger partial charge < -0.3 is 10.5 Å². The lowest BCUT2D eigenvalue weighted by atomic mass is 10.0. The zero-order chi connectivity index (χ0) is 13.4. The van der Waals surface area contributed by atoms with Crippen molar-refractivity contribution >= 4 is 5.82 Å². The van der Waals surface area contributed by atoms with Gasteiger partial charge in [-0.2, -0.15) is 5.10 Å². The number of H-pyrrole nitrogens is 1. The predicted molar refractivity (Wildman–Crippen MR) is 73.8 cm³/mol. The summed E-state index contributed by atoms with van der Waals surface area (Å²) >= 11 is 0. The van der Waals surface area contributed by atoms with Crippen molar-refractivity contribution in [2.24, 2.45) is 0 Å². The summed E-state index contributed by atoms with van der Waals surface area (Å²) in [5.41, 5.74) is 11.2. The number of pyridine rings is 1. The van der Waals surface area contributed by atoms with Crippen LogP contribution in [-0.4, -0.2) is 27.9 Å². The molecule has 1 aliphatic rings. The van der Waals surface area contributed by atoms with Gasteiger partial charge in [-0.1, -0.05) is 0 Å². The van der Waals surface area contributed by atoms with Gasteiger partial charge in [0.05, 0.1) is 18.4 Å². The third-order valence-electron chi connectivity index (χ3n) is 3.59. The second-order valence-corrected chi connectivity index (χ2v) is 5.09. The van der Waals surface area contributed by atoms with Crippen LogP contribution in [-0.2, 0) is 17.6 Å². The van der Waals surface area contributed by atoms with E-state index in [0.29, 0.717) is 5.82 Å². The summed E-state index contributed by atoms with van der Waals surface area (Å²) in [6.45, 7) is 4.79. The first-order chi connectivity index (χ1) is 9.15. The summed E-state index contributed by atoms with van der Waals surface area (Å²) in [6.07, 6.45) is 3.79. The maximum Gasteiger partial charge on any atom is 0.126 e. The smallest absolute Gasteiger partial charge is 0.126 e. The topological polar surface area (TPSA) is 76.8 Å². The average Bonchev–Trinajstić information content (AvgIpc) is 2.67. The van der Waals surface area contributed by atoms with Crippen LogP contribution in [0.2, 0.25) is 0 Å². The molecule has 2 aromatic heterocycles. The molecule has 0 amide bonds. The monoisotopic (exact) mass is 258 g/mol. The Kier molecular flexibility index (Phi) is 2.98. The molecule has 5 heteroatoms. The highest BCUT2D eigenvalue weighted by Gasteiger charge is 2.20. The molecule has 0 saturated heterocycles. The molecule has 2 aromatic rings. The Morgan fingerprint density at radius 2 is 2.32 bits per heavy atom. The molecule has 0 aliphatic carbocycles. The summed E-state index contributed by atoms with van der Waals surface area (Å²) < 4.78 is 5.69. The maximum absolute atomic E-state index is 5.76. The normalized spacial score (nSPS) is 18.9.